The van der Waals surface area contributed by atoms with Crippen LogP contribution in [0.25, 0.3) is 0 Å². The number of benzene rings is 2. The van der Waals surface area contributed by atoms with Gasteiger partial charge in [-0.3, -0.25) is 0 Å². The first-order chi connectivity index (χ1) is 9.97. The average Bonchev–Trinajstić information content (AvgIpc) is 2.48. The van der Waals surface area contributed by atoms with Gasteiger partial charge in [-0.25, -0.2) is 8.78 Å². The van der Waals surface area contributed by atoms with E-state index in [4.69, 9.17) is 0 Å². The van der Waals surface area contributed by atoms with Crippen LogP contribution in [0.5, 0.6) is 0 Å². The van der Waals surface area contributed by atoms with Crippen molar-refractivity contribution in [1.82, 2.24) is 5.32 Å². The molecule has 5 heteroatoms. The number of hydrogen-bond donors (Lipinski definition) is 2. The molecule has 1 unspecified atom stereocenters. The number of hydrogen-bond acceptors (Lipinski definition) is 2. The van der Waals surface area contributed by atoms with Gasteiger partial charge in [0.15, 0.2) is 11.6 Å². The summed E-state index contributed by atoms with van der Waals surface area (Å²) >= 11 is 3.37. The van der Waals surface area contributed by atoms with Gasteiger partial charge in [0.25, 0.3) is 0 Å². The number of aliphatic hydroxyl groups excluding tert-OH is 1. The molecule has 112 valence electrons. The second kappa shape index (κ2) is 7.11. The first kappa shape index (κ1) is 16.1. The molecule has 0 amide bonds. The molecule has 2 atom stereocenters. The van der Waals surface area contributed by atoms with Crippen LogP contribution in [0.2, 0.25) is 0 Å². The van der Waals surface area contributed by atoms with Gasteiger partial charge in [0.1, 0.15) is 0 Å². The van der Waals surface area contributed by atoms with Crippen molar-refractivity contribution in [3.05, 3.63) is 69.7 Å². The summed E-state index contributed by atoms with van der Waals surface area (Å²) in [6.07, 6.45) is -0.891. The Kier molecular flexibility index (Phi) is 5.45. The highest BCUT2D eigenvalue weighted by Crippen LogP contribution is 2.19. The van der Waals surface area contributed by atoms with Gasteiger partial charge >= 0.3 is 0 Å². The Bertz CT molecular complexity index is 604. The topological polar surface area (TPSA) is 32.3 Å². The highest BCUT2D eigenvalue weighted by molar-refractivity contribution is 9.10. The van der Waals surface area contributed by atoms with Gasteiger partial charge in [-0.2, -0.15) is 0 Å². The van der Waals surface area contributed by atoms with Crippen LogP contribution in [0.15, 0.2) is 46.9 Å². The largest absolute Gasteiger partial charge is 0.387 e. The standard InChI is InChI=1S/C16H16BrF2NO/c1-10(11-2-5-13(17)6-3-11)20-9-16(21)12-4-7-14(18)15(19)8-12/h2-8,10,16,20-21H,9H2,1H3/t10-,16?/m1/s1. The van der Waals surface area contributed by atoms with Crippen molar-refractivity contribution in [2.75, 3.05) is 6.54 Å². The fourth-order valence-corrected chi connectivity index (χ4v) is 2.26. The zero-order chi connectivity index (χ0) is 15.4. The van der Waals surface area contributed by atoms with Gasteiger partial charge in [-0.1, -0.05) is 34.1 Å². The number of rotatable bonds is 5. The summed E-state index contributed by atoms with van der Waals surface area (Å²) in [5, 5.41) is 13.2. The molecule has 0 aromatic heterocycles. The molecule has 0 aliphatic carbocycles. The van der Waals surface area contributed by atoms with Gasteiger partial charge in [0, 0.05) is 17.1 Å². The Morgan fingerprint density at radius 1 is 1.05 bits per heavy atom. The van der Waals surface area contributed by atoms with Crippen molar-refractivity contribution >= 4 is 15.9 Å². The molecule has 0 saturated heterocycles. The monoisotopic (exact) mass is 355 g/mol. The minimum atomic E-state index is -0.951. The number of aliphatic hydroxyl groups is 1. The van der Waals surface area contributed by atoms with Crippen LogP contribution in [0.3, 0.4) is 0 Å². The Hall–Kier alpha value is -1.30. The molecule has 0 fully saturated rings. The van der Waals surface area contributed by atoms with Crippen molar-refractivity contribution in [3.8, 4) is 0 Å². The van der Waals surface area contributed by atoms with E-state index in [1.165, 1.54) is 6.07 Å². The van der Waals surface area contributed by atoms with Crippen LogP contribution >= 0.6 is 15.9 Å². The van der Waals surface area contributed by atoms with Crippen LogP contribution in [0.4, 0.5) is 8.78 Å². The van der Waals surface area contributed by atoms with Crippen LogP contribution in [-0.2, 0) is 0 Å². The molecular weight excluding hydrogens is 340 g/mol. The van der Waals surface area contributed by atoms with E-state index in [2.05, 4.69) is 21.2 Å². The molecule has 2 aromatic rings. The van der Waals surface area contributed by atoms with Gasteiger partial charge in [-0.05, 0) is 42.3 Å². The highest BCUT2D eigenvalue weighted by Gasteiger charge is 2.12. The minimum Gasteiger partial charge on any atom is -0.387 e. The third-order valence-electron chi connectivity index (χ3n) is 3.32. The van der Waals surface area contributed by atoms with Gasteiger partial charge in [0.05, 0.1) is 6.10 Å². The van der Waals surface area contributed by atoms with E-state index < -0.39 is 17.7 Å². The molecule has 2 N–H and O–H groups in total. The molecule has 0 saturated carbocycles. The zero-order valence-electron chi connectivity index (χ0n) is 11.5. The predicted octanol–water partition coefficient (Wildman–Crippen LogP) is 4.11. The highest BCUT2D eigenvalue weighted by atomic mass is 79.9. The Morgan fingerprint density at radius 2 is 1.67 bits per heavy atom. The molecule has 2 nitrogen and oxygen atoms in total. The molecule has 0 radical (unpaired) electrons. The summed E-state index contributed by atoms with van der Waals surface area (Å²) in [5.74, 6) is -1.87. The van der Waals surface area contributed by atoms with Gasteiger partial charge in [0.2, 0.25) is 0 Å². The van der Waals surface area contributed by atoms with E-state index in [9.17, 15) is 13.9 Å². The third kappa shape index (κ3) is 4.33. The Balaban J connectivity index is 1.95. The third-order valence-corrected chi connectivity index (χ3v) is 3.84. The lowest BCUT2D eigenvalue weighted by atomic mass is 10.1. The smallest absolute Gasteiger partial charge is 0.159 e. The molecule has 2 rings (SSSR count). The fourth-order valence-electron chi connectivity index (χ4n) is 2.00. The molecular formula is C16H16BrF2NO. The lowest BCUT2D eigenvalue weighted by Crippen LogP contribution is -2.24. The average molecular weight is 356 g/mol. The van der Waals surface area contributed by atoms with E-state index in [1.807, 2.05) is 31.2 Å². The zero-order valence-corrected chi connectivity index (χ0v) is 13.1. The van der Waals surface area contributed by atoms with Crippen molar-refractivity contribution < 1.29 is 13.9 Å². The predicted molar refractivity (Wildman–Crippen MR) is 81.9 cm³/mol. The van der Waals surface area contributed by atoms with Crippen LogP contribution < -0.4 is 5.32 Å². The normalized spacial score (nSPS) is 14.0. The van der Waals surface area contributed by atoms with Crippen LogP contribution in [-0.4, -0.2) is 11.7 Å². The molecule has 0 spiro atoms. The maximum Gasteiger partial charge on any atom is 0.159 e. The summed E-state index contributed by atoms with van der Waals surface area (Å²) < 4.78 is 27.0. The summed E-state index contributed by atoms with van der Waals surface area (Å²) in [5.41, 5.74) is 1.43. The molecule has 0 heterocycles. The SMILES string of the molecule is C[C@@H](NCC(O)c1ccc(F)c(F)c1)c1ccc(Br)cc1. The molecule has 0 aliphatic rings. The first-order valence-corrected chi connectivity index (χ1v) is 7.38. The Morgan fingerprint density at radius 3 is 2.29 bits per heavy atom. The van der Waals surface area contributed by atoms with E-state index in [0.29, 0.717) is 5.56 Å². The first-order valence-electron chi connectivity index (χ1n) is 6.59. The van der Waals surface area contributed by atoms with Crippen LogP contribution in [0, 0.1) is 11.6 Å². The van der Waals surface area contributed by atoms with Crippen molar-refractivity contribution in [2.45, 2.75) is 19.1 Å². The van der Waals surface area contributed by atoms with Crippen molar-refractivity contribution in [1.29, 1.82) is 0 Å². The lowest BCUT2D eigenvalue weighted by molar-refractivity contribution is 0.170. The fraction of sp³-hybridized carbons (Fsp3) is 0.250. The second-order valence-electron chi connectivity index (χ2n) is 4.87. The minimum absolute atomic E-state index is 0.0399. The van der Waals surface area contributed by atoms with E-state index in [-0.39, 0.29) is 12.6 Å². The molecule has 0 aliphatic heterocycles. The maximum absolute atomic E-state index is 13.1. The summed E-state index contributed by atoms with van der Waals surface area (Å²) in [4.78, 5) is 0. The molecule has 21 heavy (non-hydrogen) atoms. The van der Waals surface area contributed by atoms with E-state index >= 15 is 0 Å². The van der Waals surface area contributed by atoms with Crippen molar-refractivity contribution in [3.63, 3.8) is 0 Å². The van der Waals surface area contributed by atoms with E-state index in [0.717, 1.165) is 22.2 Å². The van der Waals surface area contributed by atoms with E-state index in [1.54, 1.807) is 0 Å². The quantitative estimate of drug-likeness (QED) is 0.845. The summed E-state index contributed by atoms with van der Waals surface area (Å²) in [7, 11) is 0. The second-order valence-corrected chi connectivity index (χ2v) is 5.79. The van der Waals surface area contributed by atoms with Gasteiger partial charge in [-0.15, -0.1) is 0 Å². The lowest BCUT2D eigenvalue weighted by Gasteiger charge is -2.18. The summed E-state index contributed by atoms with van der Waals surface area (Å²) in [6.45, 7) is 2.23. The Labute approximate surface area is 130 Å². The maximum atomic E-state index is 13.1. The van der Waals surface area contributed by atoms with Gasteiger partial charge < -0.3 is 10.4 Å². The number of nitrogens with one attached hydrogen (secondary N) is 1. The van der Waals surface area contributed by atoms with Crippen LogP contribution in [0.1, 0.15) is 30.2 Å². The van der Waals surface area contributed by atoms with Crippen molar-refractivity contribution in [2.24, 2.45) is 0 Å². The molecule has 2 aromatic carbocycles. The number of halogens is 3. The molecule has 0 bridgehead atoms. The summed E-state index contributed by atoms with van der Waals surface area (Å²) in [6, 6.07) is 11.3.